The van der Waals surface area contributed by atoms with Gasteiger partial charge >= 0.3 is 5.97 Å². The second-order valence-electron chi connectivity index (χ2n) is 11.9. The number of aliphatic carboxylic acids is 1. The number of benzene rings is 1. The van der Waals surface area contributed by atoms with Crippen molar-refractivity contribution in [3.63, 3.8) is 0 Å². The van der Waals surface area contributed by atoms with Gasteiger partial charge in [0.05, 0.1) is 18.7 Å². The van der Waals surface area contributed by atoms with Crippen LogP contribution in [0.2, 0.25) is 5.02 Å². The third-order valence-electron chi connectivity index (χ3n) is 7.47. The number of hydrogen-bond donors (Lipinski definition) is 1. The Hall–Kier alpha value is -2.84. The van der Waals surface area contributed by atoms with Crippen LogP contribution in [0.1, 0.15) is 64.9 Å². The van der Waals surface area contributed by atoms with Crippen molar-refractivity contribution in [2.75, 3.05) is 34.0 Å². The second kappa shape index (κ2) is 10.4. The molecule has 4 rings (SSSR count). The number of methoxy groups -OCH3 is 2. The van der Waals surface area contributed by atoms with Crippen LogP contribution in [0.25, 0.3) is 0 Å². The van der Waals surface area contributed by atoms with Crippen molar-refractivity contribution in [2.45, 2.75) is 59.3 Å². The molecule has 1 aromatic rings. The lowest BCUT2D eigenvalue weighted by Gasteiger charge is -2.49. The molecule has 0 saturated carbocycles. The van der Waals surface area contributed by atoms with Crippen LogP contribution in [-0.2, 0) is 19.1 Å². The number of hydrogen-bond acceptors (Lipinski definition) is 7. The topological polar surface area (TPSA) is 102 Å². The number of Topliss-reactive ketones (excluding diaryl/α,β-unsaturated/α-hetero) is 2. The molecule has 0 amide bonds. The van der Waals surface area contributed by atoms with Gasteiger partial charge in [0.15, 0.2) is 29.7 Å². The van der Waals surface area contributed by atoms with Gasteiger partial charge in [0, 0.05) is 55.0 Å². The molecule has 0 unspecified atom stereocenters. The Morgan fingerprint density at radius 2 is 1.55 bits per heavy atom. The molecule has 0 radical (unpaired) electrons. The molecule has 1 aliphatic heterocycles. The van der Waals surface area contributed by atoms with E-state index < -0.39 is 18.5 Å². The number of allylic oxidation sites excluding steroid dienone is 4. The Bertz CT molecular complexity index is 1190. The zero-order chi connectivity index (χ0) is 28.0. The van der Waals surface area contributed by atoms with Crippen LogP contribution >= 0.6 is 11.6 Å². The van der Waals surface area contributed by atoms with E-state index in [2.05, 4.69) is 32.6 Å². The first-order chi connectivity index (χ1) is 17.8. The number of carboxylic acid groups (broad SMARTS) is 1. The normalized spacial score (nSPS) is 20.9. The molecule has 0 spiro atoms. The summed E-state index contributed by atoms with van der Waals surface area (Å²) in [4.78, 5) is 40.9. The van der Waals surface area contributed by atoms with E-state index in [-0.39, 0.29) is 38.9 Å². The van der Waals surface area contributed by atoms with Crippen LogP contribution in [-0.4, -0.2) is 61.5 Å². The molecule has 0 fully saturated rings. The Morgan fingerprint density at radius 1 is 1.00 bits per heavy atom. The number of carbonyl (C=O) groups is 3. The van der Waals surface area contributed by atoms with Crippen LogP contribution in [0, 0.1) is 10.8 Å². The number of halogens is 1. The van der Waals surface area contributed by atoms with Gasteiger partial charge in [0.1, 0.15) is 0 Å². The van der Waals surface area contributed by atoms with Crippen LogP contribution in [0.4, 0.5) is 0 Å². The summed E-state index contributed by atoms with van der Waals surface area (Å²) in [5.74, 6) is -1.39. The molecular formula is C29H36ClNO7. The zero-order valence-corrected chi connectivity index (χ0v) is 23.7. The third-order valence-corrected chi connectivity index (χ3v) is 7.75. The SMILES string of the molecule is COCCN1C2=C(C(=O)CC(C)(C)C2)C(c2cc(Cl)c(OCC(=O)O)c(OC)c2)C2=C1CC(C)(C)CC2=O. The largest absolute Gasteiger partial charge is 0.493 e. The molecule has 38 heavy (non-hydrogen) atoms. The van der Waals surface area contributed by atoms with Crippen LogP contribution in [0.3, 0.4) is 0 Å². The fourth-order valence-electron chi connectivity index (χ4n) is 6.01. The van der Waals surface area contributed by atoms with Crippen molar-refractivity contribution in [1.82, 2.24) is 4.90 Å². The third kappa shape index (κ3) is 5.34. The molecule has 1 aromatic carbocycles. The predicted molar refractivity (Wildman–Crippen MR) is 143 cm³/mol. The van der Waals surface area contributed by atoms with Gasteiger partial charge in [0.25, 0.3) is 0 Å². The maximum Gasteiger partial charge on any atom is 0.341 e. The molecule has 0 aromatic heterocycles. The minimum absolute atomic E-state index is 0.00847. The first-order valence-electron chi connectivity index (χ1n) is 12.8. The molecule has 3 aliphatic rings. The molecule has 0 saturated heterocycles. The van der Waals surface area contributed by atoms with Gasteiger partial charge < -0.3 is 24.2 Å². The molecule has 9 heteroatoms. The zero-order valence-electron chi connectivity index (χ0n) is 22.9. The summed E-state index contributed by atoms with van der Waals surface area (Å²) in [5, 5.41) is 9.22. The predicted octanol–water partition coefficient (Wildman–Crippen LogP) is 5.14. The second-order valence-corrected chi connectivity index (χ2v) is 12.3. The van der Waals surface area contributed by atoms with Gasteiger partial charge in [-0.3, -0.25) is 9.59 Å². The lowest BCUT2D eigenvalue weighted by atomic mass is 9.63. The van der Waals surface area contributed by atoms with Gasteiger partial charge in [-0.1, -0.05) is 39.3 Å². The van der Waals surface area contributed by atoms with Crippen molar-refractivity contribution in [2.24, 2.45) is 10.8 Å². The summed E-state index contributed by atoms with van der Waals surface area (Å²) < 4.78 is 16.3. The van der Waals surface area contributed by atoms with Crippen LogP contribution in [0.5, 0.6) is 11.5 Å². The van der Waals surface area contributed by atoms with Crippen molar-refractivity contribution in [3.8, 4) is 11.5 Å². The summed E-state index contributed by atoms with van der Waals surface area (Å²) >= 11 is 6.60. The maximum absolute atomic E-state index is 13.8. The molecule has 2 aliphatic carbocycles. The van der Waals surface area contributed by atoms with Gasteiger partial charge in [-0.2, -0.15) is 0 Å². The summed E-state index contributed by atoms with van der Waals surface area (Å²) in [7, 11) is 3.08. The summed E-state index contributed by atoms with van der Waals surface area (Å²) in [6, 6.07) is 3.36. The lowest BCUT2D eigenvalue weighted by molar-refractivity contribution is -0.139. The van der Waals surface area contributed by atoms with Crippen molar-refractivity contribution >= 4 is 29.1 Å². The molecule has 1 N–H and O–H groups in total. The van der Waals surface area contributed by atoms with Crippen LogP contribution < -0.4 is 9.47 Å². The van der Waals surface area contributed by atoms with E-state index in [1.165, 1.54) is 7.11 Å². The van der Waals surface area contributed by atoms with Gasteiger partial charge in [-0.15, -0.1) is 0 Å². The fraction of sp³-hybridized carbons (Fsp3) is 0.552. The highest BCUT2D eigenvalue weighted by Crippen LogP contribution is 2.55. The van der Waals surface area contributed by atoms with E-state index >= 15 is 0 Å². The Labute approximate surface area is 228 Å². The van der Waals surface area contributed by atoms with Gasteiger partial charge in [-0.25, -0.2) is 4.79 Å². The Balaban J connectivity index is 1.96. The smallest absolute Gasteiger partial charge is 0.341 e. The summed E-state index contributed by atoms with van der Waals surface area (Å²) in [5.41, 5.74) is 3.26. The van der Waals surface area contributed by atoms with Crippen molar-refractivity contribution in [1.29, 1.82) is 0 Å². The molecular weight excluding hydrogens is 510 g/mol. The molecule has 0 atom stereocenters. The number of carboxylic acids is 1. The first-order valence-corrected chi connectivity index (χ1v) is 13.2. The maximum atomic E-state index is 13.8. The summed E-state index contributed by atoms with van der Waals surface area (Å²) in [6.07, 6.45) is 2.11. The molecule has 8 nitrogen and oxygen atoms in total. The highest BCUT2D eigenvalue weighted by atomic mass is 35.5. The standard InChI is InChI=1S/C29H36ClNO7/c1-28(2)11-18-25(20(32)13-28)24(16-9-17(30)27(22(10-16)37-6)38-15-23(34)35)26-19(31(18)7-8-36-5)12-29(3,4)14-21(26)33/h9-10,24H,7-8,11-15H2,1-6H3,(H,34,35). The number of nitrogens with zero attached hydrogens (tertiary/aromatic N) is 1. The molecule has 0 bridgehead atoms. The first kappa shape index (κ1) is 28.2. The highest BCUT2D eigenvalue weighted by molar-refractivity contribution is 6.32. The van der Waals surface area contributed by atoms with E-state index in [0.717, 1.165) is 11.4 Å². The molecule has 206 valence electrons. The lowest BCUT2D eigenvalue weighted by Crippen LogP contribution is -2.45. The van der Waals surface area contributed by atoms with E-state index in [9.17, 15) is 14.4 Å². The number of carbonyl (C=O) groups excluding carboxylic acids is 2. The number of ketones is 2. The fourth-order valence-corrected chi connectivity index (χ4v) is 6.29. The van der Waals surface area contributed by atoms with Crippen LogP contribution in [0.15, 0.2) is 34.7 Å². The van der Waals surface area contributed by atoms with Crippen molar-refractivity contribution < 1.29 is 33.7 Å². The highest BCUT2D eigenvalue weighted by Gasteiger charge is 2.49. The number of ether oxygens (including phenoxy) is 3. The van der Waals surface area contributed by atoms with E-state index in [0.29, 0.717) is 55.5 Å². The Kier molecular flexibility index (Phi) is 7.70. The van der Waals surface area contributed by atoms with E-state index in [1.807, 2.05) is 0 Å². The van der Waals surface area contributed by atoms with E-state index in [1.54, 1.807) is 19.2 Å². The Morgan fingerprint density at radius 3 is 2.03 bits per heavy atom. The van der Waals surface area contributed by atoms with Crippen molar-refractivity contribution in [3.05, 3.63) is 45.3 Å². The molecule has 1 heterocycles. The quantitative estimate of drug-likeness (QED) is 0.479. The minimum atomic E-state index is -1.15. The summed E-state index contributed by atoms with van der Waals surface area (Å²) in [6.45, 7) is 8.77. The van der Waals surface area contributed by atoms with Gasteiger partial charge in [0.2, 0.25) is 0 Å². The monoisotopic (exact) mass is 545 g/mol. The van der Waals surface area contributed by atoms with E-state index in [4.69, 9.17) is 30.9 Å². The average molecular weight is 546 g/mol. The average Bonchev–Trinajstić information content (AvgIpc) is 2.79. The van der Waals surface area contributed by atoms with Gasteiger partial charge in [-0.05, 0) is 41.4 Å². The minimum Gasteiger partial charge on any atom is -0.493 e. The number of rotatable bonds is 8.